The highest BCUT2D eigenvalue weighted by molar-refractivity contribution is 7.89. The highest BCUT2D eigenvalue weighted by Crippen LogP contribution is 2.33. The molecule has 1 amide bonds. The summed E-state index contributed by atoms with van der Waals surface area (Å²) in [7, 11) is -3.68. The molecule has 1 unspecified atom stereocenters. The SMILES string of the molecule is Cc1ccc(C)c(S(=O)(=O)N2CCCC(C)(C(=O)NCc3ccc(F)cc3)C2)c1. The molecule has 0 saturated carbocycles. The number of carbonyl (C=O) groups excluding carboxylic acids is 1. The number of nitrogens with zero attached hydrogens (tertiary/aromatic N) is 1. The van der Waals surface area contributed by atoms with Gasteiger partial charge >= 0.3 is 0 Å². The quantitative estimate of drug-likeness (QED) is 0.808. The molecule has 7 heteroatoms. The third kappa shape index (κ3) is 4.67. The second-order valence-corrected chi connectivity index (χ2v) is 9.99. The molecule has 1 N–H and O–H groups in total. The first-order valence-electron chi connectivity index (χ1n) is 9.72. The van der Waals surface area contributed by atoms with E-state index in [1.54, 1.807) is 38.1 Å². The van der Waals surface area contributed by atoms with Gasteiger partial charge in [-0.25, -0.2) is 12.8 Å². The number of amides is 1. The molecule has 1 aliphatic rings. The molecule has 29 heavy (non-hydrogen) atoms. The zero-order chi connectivity index (χ0) is 21.2. The van der Waals surface area contributed by atoms with E-state index in [-0.39, 0.29) is 24.8 Å². The minimum atomic E-state index is -3.68. The van der Waals surface area contributed by atoms with Crippen LogP contribution in [-0.2, 0) is 21.4 Å². The lowest BCUT2D eigenvalue weighted by molar-refractivity contribution is -0.132. The smallest absolute Gasteiger partial charge is 0.243 e. The van der Waals surface area contributed by atoms with E-state index >= 15 is 0 Å². The van der Waals surface area contributed by atoms with Crippen molar-refractivity contribution in [2.24, 2.45) is 5.41 Å². The maximum atomic E-state index is 13.2. The number of sulfonamides is 1. The summed E-state index contributed by atoms with van der Waals surface area (Å²) >= 11 is 0. The number of piperidine rings is 1. The van der Waals surface area contributed by atoms with Crippen molar-refractivity contribution in [1.82, 2.24) is 9.62 Å². The summed E-state index contributed by atoms with van der Waals surface area (Å²) in [6.45, 7) is 6.26. The molecule has 3 rings (SSSR count). The van der Waals surface area contributed by atoms with Crippen LogP contribution in [0.25, 0.3) is 0 Å². The fourth-order valence-electron chi connectivity index (χ4n) is 3.71. The summed E-state index contributed by atoms with van der Waals surface area (Å²) in [6.07, 6.45) is 1.23. The maximum absolute atomic E-state index is 13.2. The molecule has 0 bridgehead atoms. The number of nitrogens with one attached hydrogen (secondary N) is 1. The highest BCUT2D eigenvalue weighted by atomic mass is 32.2. The van der Waals surface area contributed by atoms with Crippen LogP contribution < -0.4 is 5.32 Å². The van der Waals surface area contributed by atoms with Gasteiger partial charge in [0.2, 0.25) is 15.9 Å². The summed E-state index contributed by atoms with van der Waals surface area (Å²) < 4.78 is 40.9. The van der Waals surface area contributed by atoms with Crippen molar-refractivity contribution in [3.63, 3.8) is 0 Å². The molecule has 1 aliphatic heterocycles. The van der Waals surface area contributed by atoms with Gasteiger partial charge in [0, 0.05) is 19.6 Å². The topological polar surface area (TPSA) is 66.5 Å². The van der Waals surface area contributed by atoms with Crippen LogP contribution in [-0.4, -0.2) is 31.7 Å². The molecule has 0 aromatic heterocycles. The van der Waals surface area contributed by atoms with E-state index in [0.717, 1.165) is 11.1 Å². The number of halogens is 1. The van der Waals surface area contributed by atoms with E-state index in [0.29, 0.717) is 29.8 Å². The van der Waals surface area contributed by atoms with Gasteiger partial charge in [-0.3, -0.25) is 4.79 Å². The van der Waals surface area contributed by atoms with E-state index in [2.05, 4.69) is 5.32 Å². The molecule has 2 aromatic rings. The third-order valence-corrected chi connectivity index (χ3v) is 7.52. The van der Waals surface area contributed by atoms with Gasteiger partial charge in [0.15, 0.2) is 0 Å². The van der Waals surface area contributed by atoms with Gasteiger partial charge in [0.25, 0.3) is 0 Å². The van der Waals surface area contributed by atoms with Crippen molar-refractivity contribution in [2.75, 3.05) is 13.1 Å². The van der Waals surface area contributed by atoms with Gasteiger partial charge < -0.3 is 5.32 Å². The van der Waals surface area contributed by atoms with E-state index in [4.69, 9.17) is 0 Å². The Morgan fingerprint density at radius 1 is 1.17 bits per heavy atom. The summed E-state index contributed by atoms with van der Waals surface area (Å²) in [5.74, 6) is -0.519. The average molecular weight is 419 g/mol. The number of hydrogen-bond acceptors (Lipinski definition) is 3. The highest BCUT2D eigenvalue weighted by Gasteiger charge is 2.42. The summed E-state index contributed by atoms with van der Waals surface area (Å²) in [5, 5.41) is 2.88. The van der Waals surface area contributed by atoms with Gasteiger partial charge in [-0.15, -0.1) is 0 Å². The zero-order valence-electron chi connectivity index (χ0n) is 17.0. The van der Waals surface area contributed by atoms with E-state index in [9.17, 15) is 17.6 Å². The molecule has 1 atom stereocenters. The molecule has 0 spiro atoms. The van der Waals surface area contributed by atoms with Crippen molar-refractivity contribution < 1.29 is 17.6 Å². The number of carbonyl (C=O) groups is 1. The molecule has 1 fully saturated rings. The van der Waals surface area contributed by atoms with Crippen LogP contribution in [0.15, 0.2) is 47.4 Å². The van der Waals surface area contributed by atoms with Crippen molar-refractivity contribution in [3.05, 3.63) is 65.0 Å². The van der Waals surface area contributed by atoms with Crippen LogP contribution >= 0.6 is 0 Å². The normalized spacial score (nSPS) is 20.4. The Morgan fingerprint density at radius 2 is 1.86 bits per heavy atom. The first kappa shape index (κ1) is 21.5. The first-order valence-corrected chi connectivity index (χ1v) is 11.2. The van der Waals surface area contributed by atoms with Gasteiger partial charge in [-0.1, -0.05) is 24.3 Å². The number of aryl methyl sites for hydroxylation is 2. The Labute approximate surface area is 172 Å². The van der Waals surface area contributed by atoms with Crippen LogP contribution in [0.5, 0.6) is 0 Å². The maximum Gasteiger partial charge on any atom is 0.243 e. The lowest BCUT2D eigenvalue weighted by atomic mass is 9.82. The van der Waals surface area contributed by atoms with Gasteiger partial charge in [-0.2, -0.15) is 4.31 Å². The van der Waals surface area contributed by atoms with Crippen molar-refractivity contribution in [1.29, 1.82) is 0 Å². The minimum Gasteiger partial charge on any atom is -0.352 e. The second-order valence-electron chi connectivity index (χ2n) is 8.08. The average Bonchev–Trinajstić information content (AvgIpc) is 2.69. The van der Waals surface area contributed by atoms with Crippen molar-refractivity contribution in [2.45, 2.75) is 45.1 Å². The molecule has 2 aromatic carbocycles. The molecule has 1 saturated heterocycles. The Hall–Kier alpha value is -2.25. The number of hydrogen-bond donors (Lipinski definition) is 1. The van der Waals surface area contributed by atoms with Gasteiger partial charge in [-0.05, 0) is 68.5 Å². The third-order valence-electron chi connectivity index (χ3n) is 5.54. The Bertz CT molecular complexity index is 1010. The number of benzene rings is 2. The number of rotatable bonds is 5. The molecular weight excluding hydrogens is 391 g/mol. The van der Waals surface area contributed by atoms with Crippen LogP contribution in [0.2, 0.25) is 0 Å². The summed E-state index contributed by atoms with van der Waals surface area (Å²) in [5.41, 5.74) is 1.55. The predicted octanol–water partition coefficient (Wildman–Crippen LogP) is 3.55. The van der Waals surface area contributed by atoms with Crippen LogP contribution in [0, 0.1) is 25.1 Å². The molecule has 1 heterocycles. The predicted molar refractivity (Wildman–Crippen MR) is 110 cm³/mol. The van der Waals surface area contributed by atoms with Crippen molar-refractivity contribution in [3.8, 4) is 0 Å². The Kier molecular flexibility index (Phi) is 6.10. The fraction of sp³-hybridized carbons (Fsp3) is 0.409. The fourth-order valence-corrected chi connectivity index (χ4v) is 5.62. The molecule has 156 valence electrons. The molecular formula is C22H27FN2O3S. The first-order chi connectivity index (χ1) is 13.6. The standard InChI is InChI=1S/C22H27FN2O3S/c1-16-5-6-17(2)20(13-16)29(27,28)25-12-4-11-22(3,15-25)21(26)24-14-18-7-9-19(23)10-8-18/h5-10,13H,4,11-12,14-15H2,1-3H3,(H,24,26). The minimum absolute atomic E-state index is 0.137. The van der Waals surface area contributed by atoms with E-state index in [1.165, 1.54) is 16.4 Å². The van der Waals surface area contributed by atoms with Crippen LogP contribution in [0.3, 0.4) is 0 Å². The Morgan fingerprint density at radius 3 is 2.55 bits per heavy atom. The molecule has 5 nitrogen and oxygen atoms in total. The monoisotopic (exact) mass is 418 g/mol. The van der Waals surface area contributed by atoms with Gasteiger partial charge in [0.1, 0.15) is 5.82 Å². The van der Waals surface area contributed by atoms with Crippen LogP contribution in [0.1, 0.15) is 36.5 Å². The Balaban J connectivity index is 1.75. The lowest BCUT2D eigenvalue weighted by Gasteiger charge is -2.38. The lowest BCUT2D eigenvalue weighted by Crippen LogP contribution is -2.51. The van der Waals surface area contributed by atoms with Crippen molar-refractivity contribution >= 4 is 15.9 Å². The summed E-state index contributed by atoms with van der Waals surface area (Å²) in [4.78, 5) is 13.2. The second kappa shape index (κ2) is 8.24. The van der Waals surface area contributed by atoms with Gasteiger partial charge in [0.05, 0.1) is 10.3 Å². The summed E-state index contributed by atoms with van der Waals surface area (Å²) in [6, 6.07) is 11.3. The molecule has 0 aliphatic carbocycles. The van der Waals surface area contributed by atoms with E-state index < -0.39 is 15.4 Å². The van der Waals surface area contributed by atoms with Crippen LogP contribution in [0.4, 0.5) is 4.39 Å². The largest absolute Gasteiger partial charge is 0.352 e. The zero-order valence-corrected chi connectivity index (χ0v) is 17.9. The van der Waals surface area contributed by atoms with E-state index in [1.807, 2.05) is 13.0 Å². The molecule has 0 radical (unpaired) electrons.